The fraction of sp³-hybridized carbons (Fsp3) is 0.846. The Hall–Kier alpha value is -1.06. The normalized spacial score (nSPS) is 6.82. The van der Waals surface area contributed by atoms with Crippen LogP contribution in [-0.2, 0) is 9.59 Å². The summed E-state index contributed by atoms with van der Waals surface area (Å²) in [6, 6.07) is 0. The number of hydrogen-bond acceptors (Lipinski definition) is 2. The number of hydrogen-bond donors (Lipinski definition) is 2. The fourth-order valence-corrected chi connectivity index (χ4v) is 0.565. The van der Waals surface area contributed by atoms with Crippen LogP contribution in [0.4, 0.5) is 0 Å². The molecule has 17 heavy (non-hydrogen) atoms. The Morgan fingerprint density at radius 2 is 1.18 bits per heavy atom. The fourth-order valence-electron chi connectivity index (χ4n) is 0.565. The number of carbonyl (C=O) groups excluding carboxylic acids is 2. The van der Waals surface area contributed by atoms with E-state index in [0.717, 1.165) is 0 Å². The molecule has 0 bridgehead atoms. The zero-order valence-electron chi connectivity index (χ0n) is 12.9. The molecule has 0 spiro atoms. The minimum Gasteiger partial charge on any atom is -0.355 e. The van der Waals surface area contributed by atoms with Gasteiger partial charge in [0, 0.05) is 26.4 Å². The van der Waals surface area contributed by atoms with Crippen molar-refractivity contribution in [2.75, 3.05) is 13.1 Å². The van der Waals surface area contributed by atoms with Gasteiger partial charge in [-0.15, -0.1) is 0 Å². The van der Waals surface area contributed by atoms with E-state index in [0.29, 0.717) is 19.5 Å². The molecule has 0 heterocycles. The van der Waals surface area contributed by atoms with Gasteiger partial charge in [0.1, 0.15) is 0 Å². The van der Waals surface area contributed by atoms with E-state index in [9.17, 15) is 9.59 Å². The van der Waals surface area contributed by atoms with Crippen LogP contribution in [0.15, 0.2) is 0 Å². The zero-order chi connectivity index (χ0) is 14.7. The first kappa shape index (κ1) is 25.0. The molecular formula is C13H32N2O2. The van der Waals surface area contributed by atoms with Crippen LogP contribution in [0.25, 0.3) is 0 Å². The van der Waals surface area contributed by atoms with Crippen molar-refractivity contribution in [2.45, 2.75) is 61.8 Å². The van der Waals surface area contributed by atoms with Crippen LogP contribution in [-0.4, -0.2) is 24.9 Å². The molecule has 0 aromatic rings. The summed E-state index contributed by atoms with van der Waals surface area (Å²) in [6.45, 7) is 16.2. The molecule has 0 aliphatic rings. The number of rotatable bonds is 4. The Balaban J connectivity index is -0.000000121. The van der Waals surface area contributed by atoms with Crippen molar-refractivity contribution in [3.8, 4) is 0 Å². The molecule has 0 aromatic heterocycles. The van der Waals surface area contributed by atoms with Gasteiger partial charge in [-0.1, -0.05) is 48.5 Å². The molecule has 0 rings (SSSR count). The lowest BCUT2D eigenvalue weighted by molar-refractivity contribution is -0.121. The second-order valence-electron chi connectivity index (χ2n) is 2.19. The van der Waals surface area contributed by atoms with Crippen LogP contribution in [0.1, 0.15) is 61.8 Å². The first-order valence-corrected chi connectivity index (χ1v) is 6.68. The highest BCUT2D eigenvalue weighted by Gasteiger charge is 1.94. The molecular weight excluding hydrogens is 216 g/mol. The third-order valence-electron chi connectivity index (χ3n) is 1.14. The maximum atomic E-state index is 10.6. The number of nitrogens with one attached hydrogen (secondary N) is 2. The van der Waals surface area contributed by atoms with Gasteiger partial charge in [-0.2, -0.15) is 0 Å². The van der Waals surface area contributed by atoms with E-state index in [-0.39, 0.29) is 11.8 Å². The average molecular weight is 248 g/mol. The zero-order valence-corrected chi connectivity index (χ0v) is 12.9. The molecule has 0 saturated carbocycles. The summed E-state index contributed by atoms with van der Waals surface area (Å²) in [4.78, 5) is 21.0. The van der Waals surface area contributed by atoms with E-state index in [2.05, 4.69) is 10.6 Å². The Morgan fingerprint density at radius 1 is 0.824 bits per heavy atom. The molecule has 106 valence electrons. The third kappa shape index (κ3) is 39.7. The van der Waals surface area contributed by atoms with E-state index in [4.69, 9.17) is 0 Å². The summed E-state index contributed by atoms with van der Waals surface area (Å²) in [5.74, 6) is -0.0638. The highest BCUT2D eigenvalue weighted by Crippen LogP contribution is 1.72. The highest BCUT2D eigenvalue weighted by atomic mass is 16.2. The summed E-state index contributed by atoms with van der Waals surface area (Å²) in [5, 5.41) is 5.21. The third-order valence-corrected chi connectivity index (χ3v) is 1.14. The maximum absolute atomic E-state index is 10.6. The van der Waals surface area contributed by atoms with E-state index in [1.165, 1.54) is 6.92 Å². The average Bonchev–Trinajstić information content (AvgIpc) is 2.41. The van der Waals surface area contributed by atoms with Gasteiger partial charge in [0.2, 0.25) is 11.8 Å². The van der Waals surface area contributed by atoms with Crippen molar-refractivity contribution in [1.29, 1.82) is 0 Å². The molecule has 4 nitrogen and oxygen atoms in total. The van der Waals surface area contributed by atoms with Crippen molar-refractivity contribution in [3.05, 3.63) is 0 Å². The smallest absolute Gasteiger partial charge is 0.219 e. The topological polar surface area (TPSA) is 58.2 Å². The van der Waals surface area contributed by atoms with Crippen molar-refractivity contribution < 1.29 is 9.59 Å². The Bertz CT molecular complexity index is 148. The Morgan fingerprint density at radius 3 is 1.47 bits per heavy atom. The molecule has 2 amide bonds. The molecule has 0 aromatic carbocycles. The lowest BCUT2D eigenvalue weighted by atomic mass is 10.4. The van der Waals surface area contributed by atoms with Crippen molar-refractivity contribution >= 4 is 11.8 Å². The van der Waals surface area contributed by atoms with Gasteiger partial charge in [0.25, 0.3) is 0 Å². The SMILES string of the molecule is CC.CC.CC.CCC(=O)NCCNC(C)=O. The van der Waals surface area contributed by atoms with Crippen LogP contribution in [0.2, 0.25) is 0 Å². The van der Waals surface area contributed by atoms with Crippen LogP contribution in [0.5, 0.6) is 0 Å². The predicted octanol–water partition coefficient (Wildman–Crippen LogP) is 2.73. The monoisotopic (exact) mass is 248 g/mol. The van der Waals surface area contributed by atoms with Crippen molar-refractivity contribution in [3.63, 3.8) is 0 Å². The van der Waals surface area contributed by atoms with E-state index in [1.54, 1.807) is 6.92 Å². The first-order valence-electron chi connectivity index (χ1n) is 6.68. The molecule has 4 heteroatoms. The molecule has 0 unspecified atom stereocenters. The molecule has 0 fully saturated rings. The maximum Gasteiger partial charge on any atom is 0.219 e. The van der Waals surface area contributed by atoms with Crippen molar-refractivity contribution in [1.82, 2.24) is 10.6 Å². The molecule has 0 aliphatic heterocycles. The lowest BCUT2D eigenvalue weighted by Crippen LogP contribution is -2.33. The van der Waals surface area contributed by atoms with Crippen LogP contribution in [0.3, 0.4) is 0 Å². The molecule has 0 radical (unpaired) electrons. The quantitative estimate of drug-likeness (QED) is 0.752. The minimum atomic E-state index is -0.0734. The van der Waals surface area contributed by atoms with Crippen LogP contribution < -0.4 is 10.6 Å². The summed E-state index contributed by atoms with van der Waals surface area (Å²) >= 11 is 0. The summed E-state index contributed by atoms with van der Waals surface area (Å²) in [5.41, 5.74) is 0. The summed E-state index contributed by atoms with van der Waals surface area (Å²) < 4.78 is 0. The number of amides is 2. The van der Waals surface area contributed by atoms with Crippen LogP contribution >= 0.6 is 0 Å². The van der Waals surface area contributed by atoms with Crippen LogP contribution in [0, 0.1) is 0 Å². The van der Waals surface area contributed by atoms with E-state index < -0.39 is 0 Å². The van der Waals surface area contributed by atoms with Gasteiger partial charge in [-0.05, 0) is 0 Å². The predicted molar refractivity (Wildman–Crippen MR) is 76.0 cm³/mol. The van der Waals surface area contributed by atoms with Gasteiger partial charge >= 0.3 is 0 Å². The summed E-state index contributed by atoms with van der Waals surface area (Å²) in [7, 11) is 0. The van der Waals surface area contributed by atoms with Gasteiger partial charge in [-0.3, -0.25) is 9.59 Å². The Kier molecular flexibility index (Phi) is 43.1. The Labute approximate surface area is 108 Å². The van der Waals surface area contributed by atoms with E-state index >= 15 is 0 Å². The first-order chi connectivity index (χ1) is 8.16. The number of carbonyl (C=O) groups is 2. The standard InChI is InChI=1S/C7H14N2O2.3C2H6/c1-3-7(11)9-5-4-8-6(2)10;3*1-2/h3-5H2,1-2H3,(H,8,10)(H,9,11);3*1-2H3. The van der Waals surface area contributed by atoms with Gasteiger partial charge in [-0.25, -0.2) is 0 Å². The molecule has 2 N–H and O–H groups in total. The lowest BCUT2D eigenvalue weighted by Gasteiger charge is -2.02. The molecule has 0 atom stereocenters. The van der Waals surface area contributed by atoms with Gasteiger partial charge in [0.05, 0.1) is 0 Å². The van der Waals surface area contributed by atoms with Crippen molar-refractivity contribution in [2.24, 2.45) is 0 Å². The minimum absolute atomic E-state index is 0.00959. The summed E-state index contributed by atoms with van der Waals surface area (Å²) in [6.07, 6.45) is 0.486. The van der Waals surface area contributed by atoms with E-state index in [1.807, 2.05) is 41.5 Å². The second kappa shape index (κ2) is 29.4. The molecule has 0 saturated heterocycles. The van der Waals surface area contributed by atoms with Gasteiger partial charge < -0.3 is 10.6 Å². The highest BCUT2D eigenvalue weighted by molar-refractivity contribution is 5.75. The van der Waals surface area contributed by atoms with Gasteiger partial charge in [0.15, 0.2) is 0 Å². The second-order valence-corrected chi connectivity index (χ2v) is 2.19. The molecule has 0 aliphatic carbocycles. The largest absolute Gasteiger partial charge is 0.355 e.